The number of carbonyl (C=O) groups is 2. The summed E-state index contributed by atoms with van der Waals surface area (Å²) >= 11 is 0. The van der Waals surface area contributed by atoms with Crippen LogP contribution in [-0.2, 0) is 20.7 Å². The fourth-order valence-electron chi connectivity index (χ4n) is 2.71. The molecule has 6 heteroatoms. The molecule has 0 saturated carbocycles. The number of benzene rings is 2. The number of hydrogen-bond donors (Lipinski definition) is 1. The number of hydrogen-bond acceptors (Lipinski definition) is 5. The fourth-order valence-corrected chi connectivity index (χ4v) is 2.71. The van der Waals surface area contributed by atoms with Crippen molar-refractivity contribution in [1.29, 1.82) is 0 Å². The highest BCUT2D eigenvalue weighted by atomic mass is 16.6. The van der Waals surface area contributed by atoms with Gasteiger partial charge in [0.1, 0.15) is 13.2 Å². The van der Waals surface area contributed by atoms with Gasteiger partial charge in [0, 0.05) is 12.6 Å². The predicted molar refractivity (Wildman–Crippen MR) is 105 cm³/mol. The van der Waals surface area contributed by atoms with Crippen LogP contribution in [0.5, 0.6) is 11.5 Å². The molecule has 0 aromatic heterocycles. The Bertz CT molecular complexity index is 847. The van der Waals surface area contributed by atoms with E-state index >= 15 is 0 Å². The van der Waals surface area contributed by atoms with E-state index in [-0.39, 0.29) is 5.91 Å². The number of amides is 1. The molecular weight excluding hydrogens is 358 g/mol. The van der Waals surface area contributed by atoms with Gasteiger partial charge in [-0.05, 0) is 42.7 Å². The van der Waals surface area contributed by atoms with E-state index in [9.17, 15) is 9.59 Å². The van der Waals surface area contributed by atoms with Gasteiger partial charge in [-0.1, -0.05) is 36.4 Å². The molecule has 0 aliphatic carbocycles. The predicted octanol–water partition coefficient (Wildman–Crippen LogP) is 2.76. The summed E-state index contributed by atoms with van der Waals surface area (Å²) in [5.41, 5.74) is 1.91. The largest absolute Gasteiger partial charge is 0.486 e. The van der Waals surface area contributed by atoms with E-state index in [0.29, 0.717) is 31.3 Å². The Balaban J connectivity index is 1.44. The molecule has 1 N–H and O–H groups in total. The molecule has 1 unspecified atom stereocenters. The second-order valence-corrected chi connectivity index (χ2v) is 6.34. The zero-order valence-electron chi connectivity index (χ0n) is 15.7. The van der Waals surface area contributed by atoms with Crippen LogP contribution in [0.4, 0.5) is 0 Å². The lowest BCUT2D eigenvalue weighted by Crippen LogP contribution is -2.36. The minimum Gasteiger partial charge on any atom is -0.486 e. The first-order chi connectivity index (χ1) is 13.6. The first-order valence-corrected chi connectivity index (χ1v) is 9.22. The van der Waals surface area contributed by atoms with Gasteiger partial charge in [0.2, 0.25) is 0 Å². The van der Waals surface area contributed by atoms with Crippen molar-refractivity contribution in [2.75, 3.05) is 19.8 Å². The number of ether oxygens (including phenoxy) is 3. The van der Waals surface area contributed by atoms with E-state index in [1.54, 1.807) is 25.1 Å². The highest BCUT2D eigenvalue weighted by molar-refractivity contribution is 5.90. The van der Waals surface area contributed by atoms with Crippen LogP contribution in [0, 0.1) is 0 Å². The van der Waals surface area contributed by atoms with Crippen molar-refractivity contribution in [3.8, 4) is 11.5 Å². The lowest BCUT2D eigenvalue weighted by atomic mass is 10.1. The summed E-state index contributed by atoms with van der Waals surface area (Å²) in [7, 11) is 0. The first-order valence-electron chi connectivity index (χ1n) is 9.22. The zero-order chi connectivity index (χ0) is 19.8. The van der Waals surface area contributed by atoms with Crippen LogP contribution in [0.25, 0.3) is 6.08 Å². The van der Waals surface area contributed by atoms with Crippen LogP contribution in [0.2, 0.25) is 0 Å². The van der Waals surface area contributed by atoms with Crippen molar-refractivity contribution in [3.63, 3.8) is 0 Å². The molecule has 1 atom stereocenters. The maximum Gasteiger partial charge on any atom is 0.331 e. The number of rotatable bonds is 7. The Morgan fingerprint density at radius 1 is 1.11 bits per heavy atom. The maximum atomic E-state index is 12.1. The van der Waals surface area contributed by atoms with Crippen LogP contribution in [0.1, 0.15) is 18.1 Å². The molecule has 146 valence electrons. The third kappa shape index (κ3) is 5.61. The van der Waals surface area contributed by atoms with E-state index < -0.39 is 12.1 Å². The van der Waals surface area contributed by atoms with E-state index in [1.807, 2.05) is 36.4 Å². The van der Waals surface area contributed by atoms with Gasteiger partial charge in [-0.15, -0.1) is 0 Å². The SMILES string of the molecule is CC(OC(=O)/C=C/c1ccc2c(c1)OCCO2)C(=O)NCCc1ccccc1. The smallest absolute Gasteiger partial charge is 0.331 e. The topological polar surface area (TPSA) is 73.9 Å². The molecule has 2 aromatic rings. The van der Waals surface area contributed by atoms with Gasteiger partial charge in [-0.3, -0.25) is 4.79 Å². The van der Waals surface area contributed by atoms with Crippen molar-refractivity contribution in [1.82, 2.24) is 5.32 Å². The van der Waals surface area contributed by atoms with E-state index in [4.69, 9.17) is 14.2 Å². The van der Waals surface area contributed by atoms with Crippen LogP contribution >= 0.6 is 0 Å². The average Bonchev–Trinajstić information content (AvgIpc) is 2.72. The first kappa shape index (κ1) is 19.5. The molecule has 6 nitrogen and oxygen atoms in total. The van der Waals surface area contributed by atoms with Gasteiger partial charge >= 0.3 is 5.97 Å². The third-order valence-corrected chi connectivity index (χ3v) is 4.20. The third-order valence-electron chi connectivity index (χ3n) is 4.20. The van der Waals surface area contributed by atoms with Crippen molar-refractivity contribution in [2.45, 2.75) is 19.4 Å². The normalized spacial score (nSPS) is 13.8. The van der Waals surface area contributed by atoms with E-state index in [1.165, 1.54) is 6.08 Å². The summed E-state index contributed by atoms with van der Waals surface area (Å²) < 4.78 is 16.1. The van der Waals surface area contributed by atoms with Crippen molar-refractivity contribution in [2.24, 2.45) is 0 Å². The molecule has 28 heavy (non-hydrogen) atoms. The van der Waals surface area contributed by atoms with Crippen molar-refractivity contribution in [3.05, 3.63) is 65.7 Å². The summed E-state index contributed by atoms with van der Waals surface area (Å²) in [5, 5.41) is 2.77. The summed E-state index contributed by atoms with van der Waals surface area (Å²) in [5.74, 6) is 0.428. The molecule has 3 rings (SSSR count). The van der Waals surface area contributed by atoms with Crippen molar-refractivity contribution >= 4 is 18.0 Å². The summed E-state index contributed by atoms with van der Waals surface area (Å²) in [6.45, 7) is 3.06. The quantitative estimate of drug-likeness (QED) is 0.590. The Labute approximate surface area is 164 Å². The summed E-state index contributed by atoms with van der Waals surface area (Å²) in [4.78, 5) is 24.0. The Morgan fingerprint density at radius 3 is 2.64 bits per heavy atom. The standard InChI is InChI=1S/C22H23NO5/c1-16(22(25)23-12-11-17-5-3-2-4-6-17)28-21(24)10-8-18-7-9-19-20(15-18)27-14-13-26-19/h2-10,15-16H,11-14H2,1H3,(H,23,25)/b10-8+. The Morgan fingerprint density at radius 2 is 1.86 bits per heavy atom. The lowest BCUT2D eigenvalue weighted by Gasteiger charge is -2.18. The fraction of sp³-hybridized carbons (Fsp3) is 0.273. The van der Waals surface area contributed by atoms with Gasteiger partial charge in [0.25, 0.3) is 5.91 Å². The number of esters is 1. The monoisotopic (exact) mass is 381 g/mol. The Hall–Kier alpha value is -3.28. The lowest BCUT2D eigenvalue weighted by molar-refractivity contribution is -0.150. The highest BCUT2D eigenvalue weighted by Gasteiger charge is 2.16. The minimum absolute atomic E-state index is 0.322. The van der Waals surface area contributed by atoms with Crippen LogP contribution in [-0.4, -0.2) is 37.7 Å². The van der Waals surface area contributed by atoms with Gasteiger partial charge < -0.3 is 19.5 Å². The van der Waals surface area contributed by atoms with Crippen LogP contribution < -0.4 is 14.8 Å². The Kier molecular flexibility index (Phi) is 6.68. The zero-order valence-corrected chi connectivity index (χ0v) is 15.7. The molecular formula is C22H23NO5. The molecule has 1 aliphatic heterocycles. The van der Waals surface area contributed by atoms with Gasteiger partial charge in [-0.2, -0.15) is 0 Å². The minimum atomic E-state index is -0.867. The molecule has 0 spiro atoms. The van der Waals surface area contributed by atoms with E-state index in [2.05, 4.69) is 5.32 Å². The van der Waals surface area contributed by atoms with Gasteiger partial charge in [0.15, 0.2) is 17.6 Å². The molecule has 0 bridgehead atoms. The molecule has 0 saturated heterocycles. The molecule has 1 heterocycles. The van der Waals surface area contributed by atoms with Crippen LogP contribution in [0.15, 0.2) is 54.6 Å². The molecule has 1 amide bonds. The second-order valence-electron chi connectivity index (χ2n) is 6.34. The molecule has 1 aliphatic rings. The number of carbonyl (C=O) groups excluding carboxylic acids is 2. The van der Waals surface area contributed by atoms with Gasteiger partial charge in [-0.25, -0.2) is 4.79 Å². The maximum absolute atomic E-state index is 12.1. The summed E-state index contributed by atoms with van der Waals surface area (Å²) in [6.07, 6.45) is 2.75. The van der Waals surface area contributed by atoms with Gasteiger partial charge in [0.05, 0.1) is 0 Å². The van der Waals surface area contributed by atoms with E-state index in [0.717, 1.165) is 17.5 Å². The van der Waals surface area contributed by atoms with Crippen LogP contribution in [0.3, 0.4) is 0 Å². The summed E-state index contributed by atoms with van der Waals surface area (Å²) in [6, 6.07) is 15.3. The second kappa shape index (κ2) is 9.60. The molecule has 2 aromatic carbocycles. The average molecular weight is 381 g/mol. The number of fused-ring (bicyclic) bond motifs is 1. The molecule has 0 radical (unpaired) electrons. The number of nitrogens with one attached hydrogen (secondary N) is 1. The molecule has 0 fully saturated rings. The van der Waals surface area contributed by atoms with Crippen molar-refractivity contribution < 1.29 is 23.8 Å². The highest BCUT2D eigenvalue weighted by Crippen LogP contribution is 2.31.